The third-order valence-electron chi connectivity index (χ3n) is 3.11. The third kappa shape index (κ3) is 1.05. The van der Waals surface area contributed by atoms with E-state index >= 15 is 0 Å². The smallest absolute Gasteiger partial charge is 0.225 e. The number of amides is 1. The molecule has 2 heteroatoms. The number of carbonyl (C=O) groups is 1. The lowest BCUT2D eigenvalue weighted by atomic mass is 9.81. The van der Waals surface area contributed by atoms with Gasteiger partial charge in [0.25, 0.3) is 0 Å². The summed E-state index contributed by atoms with van der Waals surface area (Å²) in [4.78, 5) is 13.4. The van der Waals surface area contributed by atoms with E-state index in [1.165, 1.54) is 19.3 Å². The minimum atomic E-state index is 0.397. The number of rotatable bonds is 0. The van der Waals surface area contributed by atoms with Crippen LogP contribution < -0.4 is 0 Å². The van der Waals surface area contributed by atoms with Crippen molar-refractivity contribution in [3.63, 3.8) is 0 Å². The summed E-state index contributed by atoms with van der Waals surface area (Å²) in [5.41, 5.74) is 0. The van der Waals surface area contributed by atoms with Gasteiger partial charge in [-0.1, -0.05) is 12.8 Å². The molecule has 1 aliphatic carbocycles. The molecule has 0 N–H and O–H groups in total. The van der Waals surface area contributed by atoms with Crippen molar-refractivity contribution < 1.29 is 4.79 Å². The Morgan fingerprint density at radius 3 is 2.82 bits per heavy atom. The topological polar surface area (TPSA) is 20.3 Å². The SMILES string of the molecule is CN1CC2CCCCC2C1=O. The molecule has 0 aromatic rings. The highest BCUT2D eigenvalue weighted by molar-refractivity contribution is 5.81. The molecule has 2 aliphatic rings. The number of likely N-dealkylation sites (tertiary alicyclic amines) is 1. The fourth-order valence-electron chi connectivity index (χ4n) is 2.48. The number of fused-ring (bicyclic) bond motifs is 1. The summed E-state index contributed by atoms with van der Waals surface area (Å²) in [6.07, 6.45) is 5.03. The minimum Gasteiger partial charge on any atom is -0.345 e. The molecule has 0 aromatic heterocycles. The van der Waals surface area contributed by atoms with Crippen LogP contribution in [0.25, 0.3) is 0 Å². The van der Waals surface area contributed by atoms with Crippen molar-refractivity contribution >= 4 is 5.91 Å². The van der Waals surface area contributed by atoms with Crippen LogP contribution in [0.4, 0.5) is 0 Å². The highest BCUT2D eigenvalue weighted by atomic mass is 16.2. The van der Waals surface area contributed by atoms with E-state index in [0.29, 0.717) is 17.7 Å². The quantitative estimate of drug-likeness (QED) is 0.513. The van der Waals surface area contributed by atoms with Crippen molar-refractivity contribution in [2.45, 2.75) is 25.7 Å². The molecule has 1 heterocycles. The Balaban J connectivity index is 2.11. The van der Waals surface area contributed by atoms with Gasteiger partial charge in [0, 0.05) is 19.5 Å². The fourth-order valence-corrected chi connectivity index (χ4v) is 2.48. The summed E-state index contributed by atoms with van der Waals surface area (Å²) >= 11 is 0. The number of nitrogens with zero attached hydrogens (tertiary/aromatic N) is 1. The van der Waals surface area contributed by atoms with Gasteiger partial charge in [0.05, 0.1) is 0 Å². The molecule has 2 atom stereocenters. The van der Waals surface area contributed by atoms with Crippen LogP contribution in [0.3, 0.4) is 0 Å². The minimum absolute atomic E-state index is 0.397. The summed E-state index contributed by atoms with van der Waals surface area (Å²) in [6, 6.07) is 0. The highest BCUT2D eigenvalue weighted by Gasteiger charge is 2.39. The average Bonchev–Trinajstić information content (AvgIpc) is 2.30. The van der Waals surface area contributed by atoms with E-state index < -0.39 is 0 Å². The lowest BCUT2D eigenvalue weighted by molar-refractivity contribution is -0.130. The second-order valence-electron chi connectivity index (χ2n) is 3.87. The molecular formula is C9H15NO. The van der Waals surface area contributed by atoms with Gasteiger partial charge in [-0.25, -0.2) is 0 Å². The Bertz CT molecular complexity index is 178. The lowest BCUT2D eigenvalue weighted by Crippen LogP contribution is -2.23. The Labute approximate surface area is 67.6 Å². The van der Waals surface area contributed by atoms with Crippen molar-refractivity contribution in [2.24, 2.45) is 11.8 Å². The first-order valence-electron chi connectivity index (χ1n) is 4.54. The van der Waals surface area contributed by atoms with Gasteiger partial charge in [0.1, 0.15) is 0 Å². The largest absolute Gasteiger partial charge is 0.345 e. The second kappa shape index (κ2) is 2.50. The molecule has 1 saturated heterocycles. The fraction of sp³-hybridized carbons (Fsp3) is 0.889. The maximum Gasteiger partial charge on any atom is 0.225 e. The zero-order chi connectivity index (χ0) is 7.84. The van der Waals surface area contributed by atoms with Gasteiger partial charge in [0.2, 0.25) is 5.91 Å². The van der Waals surface area contributed by atoms with Crippen LogP contribution >= 0.6 is 0 Å². The summed E-state index contributed by atoms with van der Waals surface area (Å²) < 4.78 is 0. The monoisotopic (exact) mass is 153 g/mol. The molecule has 2 nitrogen and oxygen atoms in total. The number of carbonyl (C=O) groups excluding carboxylic acids is 1. The van der Waals surface area contributed by atoms with Gasteiger partial charge in [-0.05, 0) is 18.8 Å². The Kier molecular flexibility index (Phi) is 1.63. The maximum atomic E-state index is 11.5. The van der Waals surface area contributed by atoms with Crippen LogP contribution in [0.2, 0.25) is 0 Å². The molecule has 0 spiro atoms. The zero-order valence-corrected chi connectivity index (χ0v) is 7.05. The van der Waals surface area contributed by atoms with E-state index in [1.807, 2.05) is 11.9 Å². The van der Waals surface area contributed by atoms with Gasteiger partial charge in [0.15, 0.2) is 0 Å². The molecular weight excluding hydrogens is 138 g/mol. The van der Waals surface area contributed by atoms with Crippen LogP contribution in [-0.4, -0.2) is 24.4 Å². The predicted octanol–water partition coefficient (Wildman–Crippen LogP) is 1.26. The third-order valence-corrected chi connectivity index (χ3v) is 3.11. The van der Waals surface area contributed by atoms with Crippen molar-refractivity contribution in [2.75, 3.05) is 13.6 Å². The van der Waals surface area contributed by atoms with E-state index in [1.54, 1.807) is 0 Å². The van der Waals surface area contributed by atoms with Gasteiger partial charge >= 0.3 is 0 Å². The second-order valence-corrected chi connectivity index (χ2v) is 3.87. The van der Waals surface area contributed by atoms with Crippen molar-refractivity contribution in [1.82, 2.24) is 4.90 Å². The molecule has 1 amide bonds. The molecule has 62 valence electrons. The first-order valence-corrected chi connectivity index (χ1v) is 4.54. The van der Waals surface area contributed by atoms with Crippen LogP contribution in [0.15, 0.2) is 0 Å². The van der Waals surface area contributed by atoms with E-state index in [-0.39, 0.29) is 0 Å². The van der Waals surface area contributed by atoms with Crippen molar-refractivity contribution in [3.05, 3.63) is 0 Å². The molecule has 0 bridgehead atoms. The van der Waals surface area contributed by atoms with Crippen LogP contribution in [0, 0.1) is 11.8 Å². The van der Waals surface area contributed by atoms with Crippen molar-refractivity contribution in [3.8, 4) is 0 Å². The Morgan fingerprint density at radius 2 is 2.09 bits per heavy atom. The molecule has 1 saturated carbocycles. The van der Waals surface area contributed by atoms with Crippen LogP contribution in [0.5, 0.6) is 0 Å². The van der Waals surface area contributed by atoms with Gasteiger partial charge in [-0.2, -0.15) is 0 Å². The first-order chi connectivity index (χ1) is 5.29. The molecule has 0 radical (unpaired) electrons. The summed E-state index contributed by atoms with van der Waals surface area (Å²) in [5, 5.41) is 0. The molecule has 1 aliphatic heterocycles. The van der Waals surface area contributed by atoms with Crippen LogP contribution in [-0.2, 0) is 4.79 Å². The summed E-state index contributed by atoms with van der Waals surface area (Å²) in [7, 11) is 1.93. The van der Waals surface area contributed by atoms with Gasteiger partial charge in [-0.3, -0.25) is 4.79 Å². The molecule has 2 rings (SSSR count). The molecule has 11 heavy (non-hydrogen) atoms. The number of hydrogen-bond donors (Lipinski definition) is 0. The van der Waals surface area contributed by atoms with E-state index in [2.05, 4.69) is 0 Å². The maximum absolute atomic E-state index is 11.5. The summed E-state index contributed by atoms with van der Waals surface area (Å²) in [5.74, 6) is 1.49. The van der Waals surface area contributed by atoms with Crippen LogP contribution in [0.1, 0.15) is 25.7 Å². The van der Waals surface area contributed by atoms with E-state index in [4.69, 9.17) is 0 Å². The zero-order valence-electron chi connectivity index (χ0n) is 7.05. The molecule has 0 aromatic carbocycles. The number of hydrogen-bond acceptors (Lipinski definition) is 1. The molecule has 2 unspecified atom stereocenters. The van der Waals surface area contributed by atoms with Crippen molar-refractivity contribution in [1.29, 1.82) is 0 Å². The van der Waals surface area contributed by atoms with E-state index in [0.717, 1.165) is 13.0 Å². The summed E-state index contributed by atoms with van der Waals surface area (Å²) in [6.45, 7) is 1.02. The Morgan fingerprint density at radius 1 is 1.36 bits per heavy atom. The normalized spacial score (nSPS) is 37.5. The Hall–Kier alpha value is -0.530. The van der Waals surface area contributed by atoms with Gasteiger partial charge in [-0.15, -0.1) is 0 Å². The lowest BCUT2D eigenvalue weighted by Gasteiger charge is -2.21. The molecule has 2 fully saturated rings. The standard InChI is InChI=1S/C9H15NO/c1-10-6-7-4-2-3-5-8(7)9(10)11/h7-8H,2-6H2,1H3. The average molecular weight is 153 g/mol. The highest BCUT2D eigenvalue weighted by Crippen LogP contribution is 2.35. The van der Waals surface area contributed by atoms with E-state index in [9.17, 15) is 4.79 Å². The van der Waals surface area contributed by atoms with Gasteiger partial charge < -0.3 is 4.90 Å². The first kappa shape index (κ1) is 7.14. The predicted molar refractivity (Wildman–Crippen MR) is 43.1 cm³/mol.